The van der Waals surface area contributed by atoms with Crippen LogP contribution in [0.3, 0.4) is 0 Å². The molecular weight excluding hydrogens is 502 g/mol. The van der Waals surface area contributed by atoms with Gasteiger partial charge in [-0.3, -0.25) is 13.9 Å². The van der Waals surface area contributed by atoms with E-state index >= 15 is 0 Å². The highest BCUT2D eigenvalue weighted by atomic mass is 32.2. The quantitative estimate of drug-likeness (QED) is 0.422. The number of rotatable bonds is 10. The minimum absolute atomic E-state index is 0.0805. The van der Waals surface area contributed by atoms with Crippen LogP contribution in [-0.2, 0) is 26.2 Å². The van der Waals surface area contributed by atoms with Gasteiger partial charge in [-0.05, 0) is 69.2 Å². The molecule has 0 saturated heterocycles. The number of hydrogen-bond acceptors (Lipinski definition) is 5. The zero-order valence-corrected chi connectivity index (χ0v) is 23.5. The van der Waals surface area contributed by atoms with Crippen LogP contribution in [0.5, 0.6) is 5.75 Å². The molecule has 1 unspecified atom stereocenters. The summed E-state index contributed by atoms with van der Waals surface area (Å²) in [6, 6.07) is 18.2. The normalized spacial score (nSPS) is 11.9. The third-order valence-electron chi connectivity index (χ3n) is 6.43. The van der Waals surface area contributed by atoms with Crippen molar-refractivity contribution in [1.29, 1.82) is 0 Å². The van der Waals surface area contributed by atoms with E-state index in [1.807, 2.05) is 32.9 Å². The van der Waals surface area contributed by atoms with Gasteiger partial charge in [-0.25, -0.2) is 8.42 Å². The van der Waals surface area contributed by atoms with Crippen molar-refractivity contribution < 1.29 is 22.7 Å². The van der Waals surface area contributed by atoms with Crippen molar-refractivity contribution in [3.63, 3.8) is 0 Å². The summed E-state index contributed by atoms with van der Waals surface area (Å²) in [4.78, 5) is 27.9. The van der Waals surface area contributed by atoms with Crippen LogP contribution in [0.15, 0.2) is 71.6 Å². The Morgan fingerprint density at radius 1 is 0.921 bits per heavy atom. The molecule has 2 amide bonds. The van der Waals surface area contributed by atoms with Crippen molar-refractivity contribution in [2.24, 2.45) is 0 Å². The molecule has 0 spiro atoms. The maximum absolute atomic E-state index is 13.9. The third kappa shape index (κ3) is 6.52. The molecule has 0 fully saturated rings. The maximum atomic E-state index is 13.9. The second-order valence-corrected chi connectivity index (χ2v) is 11.1. The van der Waals surface area contributed by atoms with Crippen LogP contribution < -0.4 is 14.4 Å². The van der Waals surface area contributed by atoms with E-state index in [4.69, 9.17) is 4.74 Å². The molecule has 1 N–H and O–H groups in total. The van der Waals surface area contributed by atoms with Gasteiger partial charge in [0.2, 0.25) is 11.8 Å². The van der Waals surface area contributed by atoms with Gasteiger partial charge in [0, 0.05) is 13.6 Å². The molecule has 0 aromatic heterocycles. The molecule has 3 rings (SSSR count). The predicted molar refractivity (Wildman–Crippen MR) is 149 cm³/mol. The first-order chi connectivity index (χ1) is 18.0. The lowest BCUT2D eigenvalue weighted by Crippen LogP contribution is -2.50. The Hall–Kier alpha value is -3.85. The van der Waals surface area contributed by atoms with Gasteiger partial charge in [-0.2, -0.15) is 0 Å². The number of nitrogens with zero attached hydrogens (tertiary/aromatic N) is 2. The van der Waals surface area contributed by atoms with Gasteiger partial charge in [-0.1, -0.05) is 47.5 Å². The number of sulfonamides is 1. The van der Waals surface area contributed by atoms with E-state index in [1.165, 1.54) is 24.1 Å². The van der Waals surface area contributed by atoms with E-state index in [1.54, 1.807) is 56.5 Å². The average molecular weight is 538 g/mol. The lowest BCUT2D eigenvalue weighted by molar-refractivity contribution is -0.139. The summed E-state index contributed by atoms with van der Waals surface area (Å²) in [5.41, 5.74) is 3.79. The Morgan fingerprint density at radius 3 is 2.08 bits per heavy atom. The monoisotopic (exact) mass is 537 g/mol. The second-order valence-electron chi connectivity index (χ2n) is 9.27. The fourth-order valence-corrected chi connectivity index (χ4v) is 5.63. The van der Waals surface area contributed by atoms with Gasteiger partial charge >= 0.3 is 0 Å². The van der Waals surface area contributed by atoms with E-state index in [0.717, 1.165) is 26.6 Å². The number of anilines is 1. The van der Waals surface area contributed by atoms with E-state index in [2.05, 4.69) is 5.32 Å². The van der Waals surface area contributed by atoms with Gasteiger partial charge in [0.1, 0.15) is 18.3 Å². The molecule has 0 bridgehead atoms. The van der Waals surface area contributed by atoms with Gasteiger partial charge in [0.05, 0.1) is 17.7 Å². The molecule has 3 aromatic rings. The van der Waals surface area contributed by atoms with Crippen molar-refractivity contribution in [2.75, 3.05) is 25.0 Å². The van der Waals surface area contributed by atoms with Crippen LogP contribution in [0.1, 0.15) is 29.2 Å². The number of carbonyl (C=O) groups is 2. The molecule has 8 nitrogen and oxygen atoms in total. The minimum atomic E-state index is -4.10. The zero-order chi connectivity index (χ0) is 28.0. The summed E-state index contributed by atoms with van der Waals surface area (Å²) < 4.78 is 34.1. The van der Waals surface area contributed by atoms with Crippen LogP contribution in [0.25, 0.3) is 0 Å². The van der Waals surface area contributed by atoms with Crippen molar-refractivity contribution >= 4 is 27.5 Å². The second kappa shape index (κ2) is 12.1. The Balaban J connectivity index is 2.05. The van der Waals surface area contributed by atoms with E-state index in [0.29, 0.717) is 11.4 Å². The largest absolute Gasteiger partial charge is 0.497 e. The first-order valence-corrected chi connectivity index (χ1v) is 13.7. The van der Waals surface area contributed by atoms with Crippen LogP contribution >= 0.6 is 0 Å². The van der Waals surface area contributed by atoms with Gasteiger partial charge in [0.15, 0.2) is 0 Å². The topological polar surface area (TPSA) is 96.0 Å². The zero-order valence-electron chi connectivity index (χ0n) is 22.7. The molecule has 0 radical (unpaired) electrons. The van der Waals surface area contributed by atoms with Gasteiger partial charge < -0.3 is 15.0 Å². The minimum Gasteiger partial charge on any atom is -0.497 e. The third-order valence-corrected chi connectivity index (χ3v) is 8.21. The van der Waals surface area contributed by atoms with E-state index in [9.17, 15) is 18.0 Å². The number of methoxy groups -OCH3 is 1. The number of likely N-dealkylation sites (N-methyl/N-ethyl adjacent to an activating group) is 1. The Bertz CT molecular complexity index is 1390. The lowest BCUT2D eigenvalue weighted by Gasteiger charge is -2.32. The Morgan fingerprint density at radius 2 is 1.53 bits per heavy atom. The van der Waals surface area contributed by atoms with Crippen LogP contribution in [-0.4, -0.2) is 51.9 Å². The fraction of sp³-hybridized carbons (Fsp3) is 0.310. The molecule has 0 heterocycles. The standard InChI is InChI=1S/C29H35N3O5S/c1-20-7-14-26(15-8-20)38(35,36)32(27-16-9-21(2)17-22(27)3)19-28(33)31(23(4)29(34)30-5)18-24-10-12-25(37-6)13-11-24/h7-17,23H,18-19H2,1-6H3,(H,30,34). The van der Waals surface area contributed by atoms with Gasteiger partial charge in [-0.15, -0.1) is 0 Å². The number of amides is 2. The molecular formula is C29H35N3O5S. The number of hydrogen-bond donors (Lipinski definition) is 1. The molecule has 9 heteroatoms. The number of ether oxygens (including phenoxy) is 1. The summed E-state index contributed by atoms with van der Waals surface area (Å²) in [6.07, 6.45) is 0. The highest BCUT2D eigenvalue weighted by Crippen LogP contribution is 2.28. The average Bonchev–Trinajstić information content (AvgIpc) is 2.90. The number of nitrogens with one attached hydrogen (secondary N) is 1. The number of benzene rings is 3. The number of carbonyl (C=O) groups excluding carboxylic acids is 2. The summed E-state index contributed by atoms with van der Waals surface area (Å²) in [5, 5.41) is 2.58. The highest BCUT2D eigenvalue weighted by Gasteiger charge is 2.33. The number of aryl methyl sites for hydroxylation is 3. The molecule has 0 aliphatic rings. The Kier molecular flexibility index (Phi) is 9.17. The van der Waals surface area contributed by atoms with Crippen molar-refractivity contribution in [3.05, 3.63) is 89.0 Å². The fourth-order valence-electron chi connectivity index (χ4n) is 4.16. The van der Waals surface area contributed by atoms with Crippen LogP contribution in [0.2, 0.25) is 0 Å². The summed E-state index contributed by atoms with van der Waals surface area (Å²) >= 11 is 0. The van der Waals surface area contributed by atoms with Crippen molar-refractivity contribution in [1.82, 2.24) is 10.2 Å². The first kappa shape index (κ1) is 28.7. The molecule has 0 aliphatic heterocycles. The predicted octanol–water partition coefficient (Wildman–Crippen LogP) is 3.98. The van der Waals surface area contributed by atoms with E-state index in [-0.39, 0.29) is 17.3 Å². The smallest absolute Gasteiger partial charge is 0.264 e. The van der Waals surface area contributed by atoms with Crippen molar-refractivity contribution in [2.45, 2.75) is 45.2 Å². The molecule has 202 valence electrons. The maximum Gasteiger partial charge on any atom is 0.264 e. The summed E-state index contributed by atoms with van der Waals surface area (Å²) in [6.45, 7) is 6.87. The SMILES string of the molecule is CNC(=O)C(C)N(Cc1ccc(OC)cc1)C(=O)CN(c1ccc(C)cc1C)S(=O)(=O)c1ccc(C)cc1. The van der Waals surface area contributed by atoms with Gasteiger partial charge in [0.25, 0.3) is 10.0 Å². The Labute approximate surface area is 225 Å². The summed E-state index contributed by atoms with van der Waals surface area (Å²) in [5.74, 6) is -0.199. The molecule has 3 aromatic carbocycles. The van der Waals surface area contributed by atoms with E-state index < -0.39 is 28.5 Å². The van der Waals surface area contributed by atoms with Crippen molar-refractivity contribution in [3.8, 4) is 5.75 Å². The van der Waals surface area contributed by atoms with Crippen LogP contribution in [0, 0.1) is 20.8 Å². The molecule has 0 saturated carbocycles. The first-order valence-electron chi connectivity index (χ1n) is 12.3. The summed E-state index contributed by atoms with van der Waals surface area (Å²) in [7, 11) is -1.04. The molecule has 38 heavy (non-hydrogen) atoms. The molecule has 0 aliphatic carbocycles. The van der Waals surface area contributed by atoms with Crippen LogP contribution in [0.4, 0.5) is 5.69 Å². The highest BCUT2D eigenvalue weighted by molar-refractivity contribution is 7.92. The lowest BCUT2D eigenvalue weighted by atomic mass is 10.1. The molecule has 1 atom stereocenters.